The maximum atomic E-state index is 12.4. The average molecular weight is 319 g/mol. The SMILES string of the molecule is CCCOC(C)C(=O)N1CCC(c2nccn2CC2CC2)CC1. The number of imidazole rings is 1. The second-order valence-electron chi connectivity index (χ2n) is 6.99. The normalized spacial score (nSPS) is 20.7. The Bertz CT molecular complexity index is 516. The molecule has 128 valence electrons. The van der Waals surface area contributed by atoms with Gasteiger partial charge in [0.25, 0.3) is 5.91 Å². The van der Waals surface area contributed by atoms with Gasteiger partial charge in [-0.25, -0.2) is 4.98 Å². The standard InChI is InChI=1S/C18H29N3O2/c1-3-12-23-14(2)18(22)20-9-6-16(7-10-20)17-19-8-11-21(17)13-15-4-5-15/h8,11,14-16H,3-7,9-10,12-13H2,1-2H3. The number of likely N-dealkylation sites (tertiary alicyclic amines) is 1. The van der Waals surface area contributed by atoms with Crippen molar-refractivity contribution in [3.05, 3.63) is 18.2 Å². The lowest BCUT2D eigenvalue weighted by molar-refractivity contribution is -0.143. The monoisotopic (exact) mass is 319 g/mol. The molecule has 2 fully saturated rings. The van der Waals surface area contributed by atoms with Gasteiger partial charge in [0.1, 0.15) is 11.9 Å². The van der Waals surface area contributed by atoms with Gasteiger partial charge in [0.05, 0.1) is 0 Å². The van der Waals surface area contributed by atoms with Crippen LogP contribution in [0.2, 0.25) is 0 Å². The molecule has 5 heteroatoms. The van der Waals surface area contributed by atoms with Crippen molar-refractivity contribution in [1.82, 2.24) is 14.5 Å². The molecule has 2 aliphatic rings. The summed E-state index contributed by atoms with van der Waals surface area (Å²) in [6, 6.07) is 0. The molecule has 23 heavy (non-hydrogen) atoms. The summed E-state index contributed by atoms with van der Waals surface area (Å²) in [5, 5.41) is 0. The van der Waals surface area contributed by atoms with Crippen LogP contribution in [0, 0.1) is 5.92 Å². The number of aromatic nitrogens is 2. The highest BCUT2D eigenvalue weighted by Crippen LogP contribution is 2.33. The third kappa shape index (κ3) is 4.14. The highest BCUT2D eigenvalue weighted by atomic mass is 16.5. The van der Waals surface area contributed by atoms with Gasteiger partial charge in [0, 0.05) is 44.6 Å². The second-order valence-corrected chi connectivity index (χ2v) is 6.99. The fourth-order valence-electron chi connectivity index (χ4n) is 3.39. The Balaban J connectivity index is 1.52. The first-order valence-electron chi connectivity index (χ1n) is 9.10. The zero-order chi connectivity index (χ0) is 16.2. The summed E-state index contributed by atoms with van der Waals surface area (Å²) in [7, 11) is 0. The summed E-state index contributed by atoms with van der Waals surface area (Å²) >= 11 is 0. The minimum Gasteiger partial charge on any atom is -0.369 e. The van der Waals surface area contributed by atoms with Crippen LogP contribution in [0.3, 0.4) is 0 Å². The first-order valence-corrected chi connectivity index (χ1v) is 9.10. The largest absolute Gasteiger partial charge is 0.369 e. The van der Waals surface area contributed by atoms with E-state index in [1.165, 1.54) is 18.7 Å². The van der Waals surface area contributed by atoms with Crippen LogP contribution in [-0.2, 0) is 16.1 Å². The molecule has 1 aliphatic heterocycles. The predicted molar refractivity (Wildman–Crippen MR) is 89.2 cm³/mol. The van der Waals surface area contributed by atoms with E-state index in [4.69, 9.17) is 4.74 Å². The van der Waals surface area contributed by atoms with Crippen LogP contribution in [0.25, 0.3) is 0 Å². The number of hydrogen-bond acceptors (Lipinski definition) is 3. The fourth-order valence-corrected chi connectivity index (χ4v) is 3.39. The third-order valence-corrected chi connectivity index (χ3v) is 4.99. The van der Waals surface area contributed by atoms with Crippen molar-refractivity contribution in [2.24, 2.45) is 5.92 Å². The average Bonchev–Trinajstić information content (AvgIpc) is 3.27. The minimum absolute atomic E-state index is 0.137. The minimum atomic E-state index is -0.316. The fraction of sp³-hybridized carbons (Fsp3) is 0.778. The Hall–Kier alpha value is -1.36. The number of hydrogen-bond donors (Lipinski definition) is 0. The van der Waals surface area contributed by atoms with Crippen molar-refractivity contribution in [1.29, 1.82) is 0 Å². The topological polar surface area (TPSA) is 47.4 Å². The zero-order valence-corrected chi connectivity index (χ0v) is 14.4. The summed E-state index contributed by atoms with van der Waals surface area (Å²) in [6.45, 7) is 7.34. The van der Waals surface area contributed by atoms with Crippen molar-refractivity contribution < 1.29 is 9.53 Å². The molecule has 1 aromatic heterocycles. The molecule has 1 aromatic rings. The van der Waals surface area contributed by atoms with Crippen molar-refractivity contribution in [3.8, 4) is 0 Å². The van der Waals surface area contributed by atoms with Gasteiger partial charge in [-0.2, -0.15) is 0 Å². The lowest BCUT2D eigenvalue weighted by Crippen LogP contribution is -2.43. The quantitative estimate of drug-likeness (QED) is 0.776. The number of nitrogens with zero attached hydrogens (tertiary/aromatic N) is 3. The molecule has 0 aromatic carbocycles. The van der Waals surface area contributed by atoms with Gasteiger partial charge in [0.15, 0.2) is 0 Å². The molecule has 1 saturated carbocycles. The van der Waals surface area contributed by atoms with Crippen LogP contribution in [0.5, 0.6) is 0 Å². The van der Waals surface area contributed by atoms with Gasteiger partial charge in [0.2, 0.25) is 0 Å². The van der Waals surface area contributed by atoms with E-state index in [1.807, 2.05) is 18.0 Å². The van der Waals surface area contributed by atoms with E-state index >= 15 is 0 Å². The summed E-state index contributed by atoms with van der Waals surface area (Å²) in [4.78, 5) is 19.0. The van der Waals surface area contributed by atoms with E-state index in [2.05, 4.69) is 22.7 Å². The maximum absolute atomic E-state index is 12.4. The molecular weight excluding hydrogens is 290 g/mol. The molecular formula is C18H29N3O2. The van der Waals surface area contributed by atoms with E-state index in [9.17, 15) is 4.79 Å². The molecule has 2 heterocycles. The summed E-state index contributed by atoms with van der Waals surface area (Å²) in [6.07, 6.45) is 9.41. The molecule has 0 radical (unpaired) electrons. The Morgan fingerprint density at radius 3 is 2.74 bits per heavy atom. The first-order chi connectivity index (χ1) is 11.2. The van der Waals surface area contributed by atoms with Crippen molar-refractivity contribution >= 4 is 5.91 Å². The smallest absolute Gasteiger partial charge is 0.251 e. The number of rotatable bonds is 7. The van der Waals surface area contributed by atoms with E-state index in [-0.39, 0.29) is 12.0 Å². The van der Waals surface area contributed by atoms with E-state index in [1.54, 1.807) is 0 Å². The van der Waals surface area contributed by atoms with Gasteiger partial charge in [-0.1, -0.05) is 6.92 Å². The van der Waals surface area contributed by atoms with Gasteiger partial charge in [-0.3, -0.25) is 4.79 Å². The molecule has 1 unspecified atom stereocenters. The Morgan fingerprint density at radius 2 is 2.09 bits per heavy atom. The van der Waals surface area contributed by atoms with E-state index in [0.717, 1.165) is 44.8 Å². The zero-order valence-electron chi connectivity index (χ0n) is 14.4. The lowest BCUT2D eigenvalue weighted by atomic mass is 9.95. The molecule has 0 spiro atoms. The van der Waals surface area contributed by atoms with Crippen LogP contribution in [-0.4, -0.2) is 46.2 Å². The lowest BCUT2D eigenvalue weighted by Gasteiger charge is -2.33. The number of piperidine rings is 1. The molecule has 1 amide bonds. The van der Waals surface area contributed by atoms with Gasteiger partial charge >= 0.3 is 0 Å². The van der Waals surface area contributed by atoms with Crippen LogP contribution in [0.15, 0.2) is 12.4 Å². The van der Waals surface area contributed by atoms with Crippen LogP contribution in [0.4, 0.5) is 0 Å². The van der Waals surface area contributed by atoms with Crippen LogP contribution in [0.1, 0.15) is 57.7 Å². The molecule has 1 saturated heterocycles. The number of ether oxygens (including phenoxy) is 1. The molecule has 1 aliphatic carbocycles. The van der Waals surface area contributed by atoms with E-state index in [0.29, 0.717) is 12.5 Å². The Morgan fingerprint density at radius 1 is 1.35 bits per heavy atom. The van der Waals surface area contributed by atoms with Crippen molar-refractivity contribution in [2.75, 3.05) is 19.7 Å². The highest BCUT2D eigenvalue weighted by molar-refractivity contribution is 5.80. The summed E-state index contributed by atoms with van der Waals surface area (Å²) < 4.78 is 7.91. The van der Waals surface area contributed by atoms with Crippen molar-refractivity contribution in [2.45, 2.75) is 64.5 Å². The summed E-state index contributed by atoms with van der Waals surface area (Å²) in [5.41, 5.74) is 0. The van der Waals surface area contributed by atoms with Crippen molar-refractivity contribution in [3.63, 3.8) is 0 Å². The maximum Gasteiger partial charge on any atom is 0.251 e. The molecule has 0 N–H and O–H groups in total. The molecule has 3 rings (SSSR count). The second kappa shape index (κ2) is 7.47. The first kappa shape index (κ1) is 16.5. The molecule has 1 atom stereocenters. The highest BCUT2D eigenvalue weighted by Gasteiger charge is 2.30. The number of amides is 1. The molecule has 5 nitrogen and oxygen atoms in total. The van der Waals surface area contributed by atoms with Gasteiger partial charge in [-0.15, -0.1) is 0 Å². The predicted octanol–water partition coefficient (Wildman–Crippen LogP) is 2.81. The van der Waals surface area contributed by atoms with Crippen LogP contribution < -0.4 is 0 Å². The number of carbonyl (C=O) groups is 1. The summed E-state index contributed by atoms with van der Waals surface area (Å²) in [5.74, 6) is 2.71. The number of carbonyl (C=O) groups excluding carboxylic acids is 1. The van der Waals surface area contributed by atoms with E-state index < -0.39 is 0 Å². The van der Waals surface area contributed by atoms with Gasteiger partial charge < -0.3 is 14.2 Å². The molecule has 0 bridgehead atoms. The third-order valence-electron chi connectivity index (χ3n) is 4.99. The Kier molecular flexibility index (Phi) is 5.36. The van der Waals surface area contributed by atoms with Crippen LogP contribution >= 0.6 is 0 Å². The van der Waals surface area contributed by atoms with Gasteiger partial charge in [-0.05, 0) is 44.9 Å². The Labute approximate surface area is 139 Å².